The van der Waals surface area contributed by atoms with E-state index in [1.54, 1.807) is 0 Å². The number of hydrogen-bond donors (Lipinski definition) is 1. The molecule has 2 heteroatoms. The molecule has 0 radical (unpaired) electrons. The van der Waals surface area contributed by atoms with Crippen molar-refractivity contribution in [2.24, 2.45) is 11.3 Å². The quantitative estimate of drug-likeness (QED) is 0.812. The van der Waals surface area contributed by atoms with Crippen LogP contribution in [0.15, 0.2) is 0 Å². The Morgan fingerprint density at radius 2 is 1.82 bits per heavy atom. The molecule has 1 rings (SSSR count). The Hall–Kier alpha value is -0.0800. The lowest BCUT2D eigenvalue weighted by molar-refractivity contribution is 0.120. The molecule has 1 N–H and O–H groups in total. The van der Waals surface area contributed by atoms with Gasteiger partial charge in [-0.25, -0.2) is 0 Å². The first kappa shape index (κ1) is 15.0. The fraction of sp³-hybridized carbons (Fsp3) is 1.00. The van der Waals surface area contributed by atoms with Crippen LogP contribution in [0.3, 0.4) is 0 Å². The van der Waals surface area contributed by atoms with Crippen molar-refractivity contribution in [3.8, 4) is 0 Å². The predicted molar refractivity (Wildman–Crippen MR) is 76.4 cm³/mol. The third-order valence-corrected chi connectivity index (χ3v) is 3.49. The van der Waals surface area contributed by atoms with Crippen molar-refractivity contribution in [3.63, 3.8) is 0 Å². The molecule has 1 aliphatic rings. The monoisotopic (exact) mass is 240 g/mol. The minimum atomic E-state index is 0.229. The lowest BCUT2D eigenvalue weighted by atomic mass is 9.89. The molecule has 1 heterocycles. The number of nitrogens with zero attached hydrogens (tertiary/aromatic N) is 1. The Labute approximate surface area is 108 Å². The standard InChI is InChI=1S/C15H32N2/c1-13-8-7-9-17(10-13)12-15(5,6)11-16-14(2,3)4/h13,16H,7-12H2,1-6H3. The molecule has 1 aliphatic heterocycles. The summed E-state index contributed by atoms with van der Waals surface area (Å²) in [4.78, 5) is 2.65. The van der Waals surface area contributed by atoms with Gasteiger partial charge in [0, 0.05) is 25.2 Å². The van der Waals surface area contributed by atoms with E-state index in [1.807, 2.05) is 0 Å². The van der Waals surface area contributed by atoms with Gasteiger partial charge in [0.2, 0.25) is 0 Å². The Balaban J connectivity index is 2.37. The highest BCUT2D eigenvalue weighted by Gasteiger charge is 2.26. The minimum absolute atomic E-state index is 0.229. The smallest absolute Gasteiger partial charge is 0.00967 e. The first-order chi connectivity index (χ1) is 7.68. The van der Waals surface area contributed by atoms with Crippen molar-refractivity contribution >= 4 is 0 Å². The van der Waals surface area contributed by atoms with Crippen molar-refractivity contribution in [2.75, 3.05) is 26.2 Å². The molecule has 0 saturated carbocycles. The average molecular weight is 240 g/mol. The number of likely N-dealkylation sites (tertiary alicyclic amines) is 1. The van der Waals surface area contributed by atoms with Gasteiger partial charge in [0.1, 0.15) is 0 Å². The van der Waals surface area contributed by atoms with Crippen molar-refractivity contribution in [2.45, 2.75) is 59.9 Å². The van der Waals surface area contributed by atoms with E-state index in [9.17, 15) is 0 Å². The third-order valence-electron chi connectivity index (χ3n) is 3.49. The topological polar surface area (TPSA) is 15.3 Å². The maximum Gasteiger partial charge on any atom is 0.00967 e. The van der Waals surface area contributed by atoms with Crippen LogP contribution in [0.4, 0.5) is 0 Å². The zero-order valence-electron chi connectivity index (χ0n) is 12.8. The maximum atomic E-state index is 3.64. The van der Waals surface area contributed by atoms with Crippen molar-refractivity contribution in [1.82, 2.24) is 10.2 Å². The summed E-state index contributed by atoms with van der Waals surface area (Å²) in [6, 6.07) is 0. The van der Waals surface area contributed by atoms with E-state index in [0.717, 1.165) is 12.5 Å². The van der Waals surface area contributed by atoms with Gasteiger partial charge >= 0.3 is 0 Å². The lowest BCUT2D eigenvalue weighted by Crippen LogP contribution is -2.48. The molecule has 0 amide bonds. The molecule has 0 aromatic heterocycles. The van der Waals surface area contributed by atoms with Crippen LogP contribution in [0.1, 0.15) is 54.4 Å². The van der Waals surface area contributed by atoms with Gasteiger partial charge in [-0.1, -0.05) is 20.8 Å². The van der Waals surface area contributed by atoms with Crippen LogP contribution in [0.5, 0.6) is 0 Å². The highest BCUT2D eigenvalue weighted by molar-refractivity contribution is 4.82. The fourth-order valence-corrected chi connectivity index (χ4v) is 2.60. The van der Waals surface area contributed by atoms with Crippen molar-refractivity contribution < 1.29 is 0 Å². The Morgan fingerprint density at radius 1 is 1.18 bits per heavy atom. The van der Waals surface area contributed by atoms with Crippen LogP contribution in [0, 0.1) is 11.3 Å². The summed E-state index contributed by atoms with van der Waals surface area (Å²) in [5, 5.41) is 3.64. The normalized spacial score (nSPS) is 24.0. The molecule has 0 bridgehead atoms. The summed E-state index contributed by atoms with van der Waals surface area (Å²) in [6.45, 7) is 18.8. The van der Waals surface area contributed by atoms with E-state index < -0.39 is 0 Å². The van der Waals surface area contributed by atoms with E-state index in [0.29, 0.717) is 5.41 Å². The van der Waals surface area contributed by atoms with Crippen LogP contribution < -0.4 is 5.32 Å². The van der Waals surface area contributed by atoms with Crippen LogP contribution in [0.25, 0.3) is 0 Å². The number of hydrogen-bond acceptors (Lipinski definition) is 2. The third kappa shape index (κ3) is 6.42. The molecule has 0 aliphatic carbocycles. The summed E-state index contributed by atoms with van der Waals surface area (Å²) in [6.07, 6.45) is 2.79. The highest BCUT2D eigenvalue weighted by Crippen LogP contribution is 2.22. The molecule has 1 fully saturated rings. The Kier molecular flexibility index (Phi) is 5.03. The number of piperidine rings is 1. The second-order valence-electron chi connectivity index (χ2n) is 7.75. The number of nitrogens with one attached hydrogen (secondary N) is 1. The summed E-state index contributed by atoms with van der Waals surface area (Å²) in [7, 11) is 0. The zero-order chi connectivity index (χ0) is 13.1. The summed E-state index contributed by atoms with van der Waals surface area (Å²) >= 11 is 0. The maximum absolute atomic E-state index is 3.64. The molecule has 0 spiro atoms. The molecule has 102 valence electrons. The van der Waals surface area contributed by atoms with Gasteiger partial charge in [0.15, 0.2) is 0 Å². The van der Waals surface area contributed by atoms with Crippen LogP contribution in [-0.4, -0.2) is 36.6 Å². The van der Waals surface area contributed by atoms with Gasteiger partial charge in [0.05, 0.1) is 0 Å². The minimum Gasteiger partial charge on any atom is -0.311 e. The molecular weight excluding hydrogens is 208 g/mol. The van der Waals surface area contributed by atoms with E-state index in [2.05, 4.69) is 51.8 Å². The van der Waals surface area contributed by atoms with Gasteiger partial charge in [-0.3, -0.25) is 0 Å². The van der Waals surface area contributed by atoms with Crippen molar-refractivity contribution in [1.29, 1.82) is 0 Å². The molecule has 17 heavy (non-hydrogen) atoms. The first-order valence-electron chi connectivity index (χ1n) is 7.15. The predicted octanol–water partition coefficient (Wildman–Crippen LogP) is 3.13. The molecule has 1 unspecified atom stereocenters. The second kappa shape index (κ2) is 5.71. The Morgan fingerprint density at radius 3 is 2.35 bits per heavy atom. The molecule has 0 aromatic carbocycles. The molecule has 1 atom stereocenters. The summed E-state index contributed by atoms with van der Waals surface area (Å²) < 4.78 is 0. The van der Waals surface area contributed by atoms with Gasteiger partial charge in [0.25, 0.3) is 0 Å². The molecule has 0 aromatic rings. The second-order valence-corrected chi connectivity index (χ2v) is 7.75. The molecule has 1 saturated heterocycles. The largest absolute Gasteiger partial charge is 0.311 e. The average Bonchev–Trinajstić information content (AvgIpc) is 2.13. The van der Waals surface area contributed by atoms with Crippen molar-refractivity contribution in [3.05, 3.63) is 0 Å². The summed E-state index contributed by atoms with van der Waals surface area (Å²) in [5.41, 5.74) is 0.594. The number of rotatable bonds is 4. The van der Waals surface area contributed by atoms with Crippen LogP contribution in [-0.2, 0) is 0 Å². The molecular formula is C15H32N2. The van der Waals surface area contributed by atoms with Crippen LogP contribution in [0.2, 0.25) is 0 Å². The lowest BCUT2D eigenvalue weighted by Gasteiger charge is -2.38. The van der Waals surface area contributed by atoms with E-state index in [1.165, 1.54) is 32.5 Å². The van der Waals surface area contributed by atoms with E-state index in [4.69, 9.17) is 0 Å². The first-order valence-corrected chi connectivity index (χ1v) is 7.15. The van der Waals surface area contributed by atoms with E-state index in [-0.39, 0.29) is 5.54 Å². The van der Waals surface area contributed by atoms with Crippen LogP contribution >= 0.6 is 0 Å². The van der Waals surface area contributed by atoms with Gasteiger partial charge in [-0.2, -0.15) is 0 Å². The zero-order valence-corrected chi connectivity index (χ0v) is 12.8. The fourth-order valence-electron chi connectivity index (χ4n) is 2.60. The van der Waals surface area contributed by atoms with Gasteiger partial charge in [-0.05, 0) is 51.5 Å². The van der Waals surface area contributed by atoms with E-state index >= 15 is 0 Å². The Bertz CT molecular complexity index is 228. The highest BCUT2D eigenvalue weighted by atomic mass is 15.1. The SMILES string of the molecule is CC1CCCN(CC(C)(C)CNC(C)(C)C)C1. The van der Waals surface area contributed by atoms with Gasteiger partial charge in [-0.15, -0.1) is 0 Å². The summed E-state index contributed by atoms with van der Waals surface area (Å²) in [5.74, 6) is 0.884. The van der Waals surface area contributed by atoms with Gasteiger partial charge < -0.3 is 10.2 Å². The molecule has 2 nitrogen and oxygen atoms in total.